The van der Waals surface area contributed by atoms with Gasteiger partial charge in [-0.25, -0.2) is 27.2 Å². The van der Waals surface area contributed by atoms with Crippen molar-refractivity contribution in [2.24, 2.45) is 0 Å². The van der Waals surface area contributed by atoms with Crippen LogP contribution in [-0.2, 0) is 24.2 Å². The summed E-state index contributed by atoms with van der Waals surface area (Å²) in [5.41, 5.74) is 0.665. The number of para-hydroxylation sites is 1. The first kappa shape index (κ1) is 29.2. The zero-order chi connectivity index (χ0) is 30.8. The summed E-state index contributed by atoms with van der Waals surface area (Å²) in [5.74, 6) is -3.46. The number of ether oxygens (including phenoxy) is 3. The number of nitro benzene ring substituents is 1. The van der Waals surface area contributed by atoms with Gasteiger partial charge in [0.05, 0.1) is 16.7 Å². The molecule has 5 atom stereocenters. The third-order valence-corrected chi connectivity index (χ3v) is 9.64. The van der Waals surface area contributed by atoms with Crippen LogP contribution in [0.1, 0.15) is 37.4 Å². The van der Waals surface area contributed by atoms with Crippen molar-refractivity contribution in [1.82, 2.24) is 18.8 Å². The summed E-state index contributed by atoms with van der Waals surface area (Å²) in [6.45, 7) is 5.22. The van der Waals surface area contributed by atoms with Gasteiger partial charge >= 0.3 is 0 Å². The predicted molar refractivity (Wildman–Crippen MR) is 147 cm³/mol. The average Bonchev–Trinajstić information content (AvgIpc) is 3.62. The number of halogens is 2. The molecule has 4 heterocycles. The molecule has 226 valence electrons. The molecule has 2 aliphatic rings. The first-order valence-electron chi connectivity index (χ1n) is 13.3. The molecule has 4 aromatic rings. The first-order chi connectivity index (χ1) is 20.3. The highest BCUT2D eigenvalue weighted by molar-refractivity contribution is 7.89. The number of aromatic nitrogens is 3. The number of aryl methyl sites for hydroxylation is 1. The van der Waals surface area contributed by atoms with E-state index in [2.05, 4.69) is 9.97 Å². The number of sulfonamides is 1. The minimum atomic E-state index is -4.62. The quantitative estimate of drug-likeness (QED) is 0.219. The highest BCUT2D eigenvalue weighted by Crippen LogP contribution is 2.49. The Morgan fingerprint density at radius 2 is 1.79 bits per heavy atom. The van der Waals surface area contributed by atoms with Crippen molar-refractivity contribution >= 4 is 26.7 Å². The molecule has 0 radical (unpaired) electrons. The van der Waals surface area contributed by atoms with Crippen molar-refractivity contribution in [3.8, 4) is 0 Å². The van der Waals surface area contributed by atoms with Crippen LogP contribution in [0.3, 0.4) is 0 Å². The molecular weight excluding hydrogens is 588 g/mol. The summed E-state index contributed by atoms with van der Waals surface area (Å²) < 4.78 is 78.3. The number of nitro groups is 1. The summed E-state index contributed by atoms with van der Waals surface area (Å²) in [6.07, 6.45) is -0.553. The Hall–Kier alpha value is -3.89. The van der Waals surface area contributed by atoms with E-state index in [1.165, 1.54) is 31.6 Å². The molecule has 43 heavy (non-hydrogen) atoms. The topological polar surface area (TPSA) is 139 Å². The molecule has 2 aromatic heterocycles. The Bertz CT molecular complexity index is 1850. The highest BCUT2D eigenvalue weighted by Gasteiger charge is 2.59. The molecule has 0 spiro atoms. The van der Waals surface area contributed by atoms with Gasteiger partial charge < -0.3 is 18.8 Å². The summed E-state index contributed by atoms with van der Waals surface area (Å²) in [7, 11) is -3.42. The van der Waals surface area contributed by atoms with Crippen LogP contribution in [0.15, 0.2) is 66.0 Å². The Kier molecular flexibility index (Phi) is 7.05. The standard InChI is InChI=1S/C28H27F2N5O7S/c1-15-17-11-12-34(26(17)32-14-31-15)27-25-24(41-28(2,3)42-25)23(40-27)22(16-9-10-18(29)19(30)13-16)33(4)43(38,39)21-8-6-5-7-20(21)35(36)37/h5-14,22-25,27H,1-4H3/t22-,23-,24-,25-,27-/m1/s1. The number of rotatable bonds is 7. The van der Waals surface area contributed by atoms with Crippen molar-refractivity contribution < 1.29 is 36.3 Å². The van der Waals surface area contributed by atoms with E-state index in [1.54, 1.807) is 24.6 Å². The van der Waals surface area contributed by atoms with Crippen molar-refractivity contribution in [3.05, 3.63) is 94.1 Å². The number of likely N-dealkylation sites (N-methyl/N-ethyl adjacent to an activating group) is 1. The minimum absolute atomic E-state index is 0.0387. The second kappa shape index (κ2) is 10.4. The third kappa shape index (κ3) is 4.86. The van der Waals surface area contributed by atoms with Crippen molar-refractivity contribution in [3.63, 3.8) is 0 Å². The fraction of sp³-hybridized carbons (Fsp3) is 0.357. The lowest BCUT2D eigenvalue weighted by Crippen LogP contribution is -2.44. The molecule has 0 unspecified atom stereocenters. The first-order valence-corrected chi connectivity index (χ1v) is 14.7. The maximum atomic E-state index is 14.6. The van der Waals surface area contributed by atoms with Gasteiger partial charge in [0.25, 0.3) is 5.69 Å². The maximum Gasteiger partial charge on any atom is 0.289 e. The second-order valence-corrected chi connectivity index (χ2v) is 12.8. The third-order valence-electron chi connectivity index (χ3n) is 7.75. The van der Waals surface area contributed by atoms with E-state index >= 15 is 0 Å². The normalized spacial score (nSPS) is 24.0. The predicted octanol–water partition coefficient (Wildman–Crippen LogP) is 4.41. The zero-order valence-electron chi connectivity index (χ0n) is 23.4. The van der Waals surface area contributed by atoms with Crippen LogP contribution in [0, 0.1) is 28.7 Å². The van der Waals surface area contributed by atoms with Crippen molar-refractivity contribution in [1.29, 1.82) is 0 Å². The molecule has 15 heteroatoms. The summed E-state index contributed by atoms with van der Waals surface area (Å²) in [6, 6.07) is 8.35. The fourth-order valence-corrected chi connectivity index (χ4v) is 7.33. The molecule has 0 saturated carbocycles. The fourth-order valence-electron chi connectivity index (χ4n) is 5.82. The number of nitrogens with zero attached hydrogens (tertiary/aromatic N) is 5. The van der Waals surface area contributed by atoms with E-state index < -0.39 is 73.5 Å². The Labute approximate surface area is 245 Å². The van der Waals surface area contributed by atoms with E-state index in [-0.39, 0.29) is 5.56 Å². The summed E-state index contributed by atoms with van der Waals surface area (Å²) in [4.78, 5) is 19.0. The van der Waals surface area contributed by atoms with Gasteiger partial charge in [0, 0.05) is 24.7 Å². The maximum absolute atomic E-state index is 14.6. The lowest BCUT2D eigenvalue weighted by Gasteiger charge is -2.34. The number of fused-ring (bicyclic) bond motifs is 2. The van der Waals surface area contributed by atoms with Crippen LogP contribution >= 0.6 is 0 Å². The molecule has 0 N–H and O–H groups in total. The van der Waals surface area contributed by atoms with E-state index in [0.29, 0.717) is 5.65 Å². The van der Waals surface area contributed by atoms with E-state index in [4.69, 9.17) is 14.2 Å². The van der Waals surface area contributed by atoms with Crippen LogP contribution in [0.5, 0.6) is 0 Å². The second-order valence-electron chi connectivity index (χ2n) is 10.8. The summed E-state index contributed by atoms with van der Waals surface area (Å²) >= 11 is 0. The molecular formula is C28H27F2N5O7S. The zero-order valence-corrected chi connectivity index (χ0v) is 24.2. The van der Waals surface area contributed by atoms with Gasteiger partial charge in [0.15, 0.2) is 28.5 Å². The number of hydrogen-bond donors (Lipinski definition) is 0. The van der Waals surface area contributed by atoms with E-state index in [9.17, 15) is 27.3 Å². The largest absolute Gasteiger partial charge is 0.347 e. The van der Waals surface area contributed by atoms with Crippen LogP contribution in [0.25, 0.3) is 11.0 Å². The number of benzene rings is 2. The molecule has 0 amide bonds. The van der Waals surface area contributed by atoms with Crippen LogP contribution in [0.4, 0.5) is 14.5 Å². The van der Waals surface area contributed by atoms with Crippen LogP contribution in [-0.4, -0.2) is 63.3 Å². The monoisotopic (exact) mass is 615 g/mol. The molecule has 2 aliphatic heterocycles. The van der Waals surface area contributed by atoms with Gasteiger partial charge in [-0.1, -0.05) is 18.2 Å². The molecule has 2 saturated heterocycles. The SMILES string of the molecule is Cc1ncnc2c1ccn2[C@@H]1O[C@H]([C@@H](c2ccc(F)c(F)c2)N(C)S(=O)(=O)c2ccccc2[N+](=O)[O-])[C@H]2OC(C)(C)O[C@H]21. The van der Waals surface area contributed by atoms with Gasteiger partial charge in [-0.2, -0.15) is 4.31 Å². The molecule has 2 aromatic carbocycles. The summed E-state index contributed by atoms with van der Waals surface area (Å²) in [5, 5.41) is 12.5. The van der Waals surface area contributed by atoms with E-state index in [0.717, 1.165) is 39.7 Å². The molecule has 2 fully saturated rings. The van der Waals surface area contributed by atoms with Gasteiger partial charge in [-0.3, -0.25) is 10.1 Å². The number of hydrogen-bond acceptors (Lipinski definition) is 9. The molecule has 6 rings (SSSR count). The van der Waals surface area contributed by atoms with Gasteiger partial charge in [0.2, 0.25) is 10.0 Å². The average molecular weight is 616 g/mol. The van der Waals surface area contributed by atoms with Gasteiger partial charge in [-0.15, -0.1) is 0 Å². The minimum Gasteiger partial charge on any atom is -0.347 e. The highest BCUT2D eigenvalue weighted by atomic mass is 32.2. The van der Waals surface area contributed by atoms with Crippen LogP contribution < -0.4 is 0 Å². The lowest BCUT2D eigenvalue weighted by atomic mass is 9.96. The van der Waals surface area contributed by atoms with Crippen molar-refractivity contribution in [2.75, 3.05) is 7.05 Å². The molecule has 12 nitrogen and oxygen atoms in total. The Morgan fingerprint density at radius 1 is 1.07 bits per heavy atom. The van der Waals surface area contributed by atoms with E-state index in [1.807, 2.05) is 13.0 Å². The van der Waals surface area contributed by atoms with Crippen molar-refractivity contribution in [2.45, 2.75) is 62.0 Å². The van der Waals surface area contributed by atoms with Gasteiger partial charge in [0.1, 0.15) is 30.3 Å². The Balaban J connectivity index is 1.50. The lowest BCUT2D eigenvalue weighted by molar-refractivity contribution is -0.387. The molecule has 0 bridgehead atoms. The van der Waals surface area contributed by atoms with Gasteiger partial charge in [-0.05, 0) is 50.6 Å². The Morgan fingerprint density at radius 3 is 2.51 bits per heavy atom. The smallest absolute Gasteiger partial charge is 0.289 e. The van der Waals surface area contributed by atoms with Crippen LogP contribution in [0.2, 0.25) is 0 Å². The molecule has 0 aliphatic carbocycles.